The number of hydrogen-bond acceptors (Lipinski definition) is 7. The third-order valence-corrected chi connectivity index (χ3v) is 6.04. The average Bonchev–Trinajstić information content (AvgIpc) is 3.53. The Kier molecular flexibility index (Phi) is 6.03. The molecule has 34 heavy (non-hydrogen) atoms. The van der Waals surface area contributed by atoms with Crippen LogP contribution in [0.15, 0.2) is 65.7 Å². The second-order valence-corrected chi connectivity index (χ2v) is 8.15. The summed E-state index contributed by atoms with van der Waals surface area (Å²) >= 11 is 0. The lowest BCUT2D eigenvalue weighted by atomic mass is 10.2. The topological polar surface area (TPSA) is 91.2 Å². The maximum atomic E-state index is 15.0. The van der Waals surface area contributed by atoms with Crippen molar-refractivity contribution in [2.45, 2.75) is 6.10 Å². The number of amides is 2. The molecule has 1 atom stereocenters. The number of pyridine rings is 1. The third-order valence-electron chi connectivity index (χ3n) is 6.04. The van der Waals surface area contributed by atoms with Crippen LogP contribution in [-0.4, -0.2) is 62.4 Å². The lowest BCUT2D eigenvalue weighted by molar-refractivity contribution is 0.0915. The molecular weight excluding hydrogens is 441 g/mol. The predicted octanol–water partition coefficient (Wildman–Crippen LogP) is 2.90. The van der Waals surface area contributed by atoms with Crippen molar-refractivity contribution in [2.75, 3.05) is 54.0 Å². The number of halogens is 1. The Morgan fingerprint density at radius 2 is 1.82 bits per heavy atom. The van der Waals surface area contributed by atoms with E-state index in [1.54, 1.807) is 30.6 Å². The minimum atomic E-state index is -0.569. The Morgan fingerprint density at radius 1 is 1.06 bits per heavy atom. The van der Waals surface area contributed by atoms with E-state index in [1.807, 2.05) is 17.0 Å². The molecule has 2 aliphatic heterocycles. The van der Waals surface area contributed by atoms with E-state index in [9.17, 15) is 9.59 Å². The van der Waals surface area contributed by atoms with Gasteiger partial charge >= 0.3 is 6.09 Å². The first-order valence-corrected chi connectivity index (χ1v) is 11.1. The number of carbonyl (C=O) groups is 2. The highest BCUT2D eigenvalue weighted by Gasteiger charge is 2.33. The molecule has 2 saturated heterocycles. The number of cyclic esters (lactones) is 1. The molecular formula is C24H24FN5O4. The van der Waals surface area contributed by atoms with Crippen LogP contribution in [0.2, 0.25) is 0 Å². The number of carbonyl (C=O) groups excluding carboxylic acids is 2. The van der Waals surface area contributed by atoms with Crippen molar-refractivity contribution < 1.29 is 23.1 Å². The summed E-state index contributed by atoms with van der Waals surface area (Å²) in [5.41, 5.74) is 2.42. The number of rotatable bonds is 6. The Labute approximate surface area is 195 Å². The zero-order valence-electron chi connectivity index (χ0n) is 18.4. The van der Waals surface area contributed by atoms with Gasteiger partial charge in [-0.3, -0.25) is 14.7 Å². The summed E-state index contributed by atoms with van der Waals surface area (Å²) in [6.45, 7) is 3.28. The molecule has 0 bridgehead atoms. The number of benzene rings is 1. The molecule has 176 valence electrons. The van der Waals surface area contributed by atoms with Gasteiger partial charge in [0.2, 0.25) is 0 Å². The average molecular weight is 465 g/mol. The van der Waals surface area contributed by atoms with Crippen molar-refractivity contribution in [2.24, 2.45) is 0 Å². The highest BCUT2D eigenvalue weighted by molar-refractivity contribution is 5.94. The summed E-state index contributed by atoms with van der Waals surface area (Å²) in [4.78, 5) is 34.1. The van der Waals surface area contributed by atoms with Gasteiger partial charge in [0.15, 0.2) is 0 Å². The molecule has 9 nitrogen and oxygen atoms in total. The Bertz CT molecular complexity index is 1150. The molecule has 10 heteroatoms. The molecule has 5 rings (SSSR count). The van der Waals surface area contributed by atoms with Gasteiger partial charge in [-0.1, -0.05) is 0 Å². The molecule has 2 amide bonds. The first-order valence-electron chi connectivity index (χ1n) is 11.1. The molecule has 2 aliphatic rings. The van der Waals surface area contributed by atoms with Gasteiger partial charge in [0.05, 0.1) is 36.3 Å². The predicted molar refractivity (Wildman–Crippen MR) is 124 cm³/mol. The number of hydrogen-bond donors (Lipinski definition) is 1. The van der Waals surface area contributed by atoms with Crippen LogP contribution < -0.4 is 20.0 Å². The normalized spacial score (nSPS) is 18.2. The molecule has 0 radical (unpaired) electrons. The second-order valence-electron chi connectivity index (χ2n) is 8.15. The Balaban J connectivity index is 1.18. The number of piperazine rings is 1. The number of furan rings is 1. The van der Waals surface area contributed by atoms with E-state index >= 15 is 4.39 Å². The minimum absolute atomic E-state index is 0.147. The summed E-state index contributed by atoms with van der Waals surface area (Å²) in [6, 6.07) is 10.3. The molecule has 2 aromatic heterocycles. The van der Waals surface area contributed by atoms with Gasteiger partial charge in [-0.25, -0.2) is 9.18 Å². The van der Waals surface area contributed by atoms with E-state index in [0.29, 0.717) is 30.0 Å². The molecule has 4 heterocycles. The van der Waals surface area contributed by atoms with E-state index in [-0.39, 0.29) is 24.8 Å². The van der Waals surface area contributed by atoms with Gasteiger partial charge in [-0.2, -0.15) is 0 Å². The van der Waals surface area contributed by atoms with Crippen molar-refractivity contribution in [3.05, 3.63) is 72.7 Å². The smallest absolute Gasteiger partial charge is 0.414 e. The standard InChI is InChI=1S/C24H24FN5O4/c25-21-13-19(30-15-20(34-24(30)32)14-27-23(31)17-5-12-33-16-17)1-2-22(21)29-10-8-28(9-11-29)18-3-6-26-7-4-18/h1-7,12-13,16,20H,8-11,14-15H2,(H,27,31)/t20-/m0/s1. The van der Waals surface area contributed by atoms with Crippen LogP contribution in [0.4, 0.5) is 26.2 Å². The summed E-state index contributed by atoms with van der Waals surface area (Å²) in [5, 5.41) is 2.71. The Hall–Kier alpha value is -4.08. The number of anilines is 3. The quantitative estimate of drug-likeness (QED) is 0.599. The van der Waals surface area contributed by atoms with Crippen LogP contribution in [0.3, 0.4) is 0 Å². The van der Waals surface area contributed by atoms with Crippen molar-refractivity contribution in [3.8, 4) is 0 Å². The second kappa shape index (κ2) is 9.42. The molecule has 3 aromatic rings. The zero-order chi connectivity index (χ0) is 23.5. The summed E-state index contributed by atoms with van der Waals surface area (Å²) in [5.74, 6) is -0.706. The zero-order valence-corrected chi connectivity index (χ0v) is 18.4. The minimum Gasteiger partial charge on any atom is -0.472 e. The number of nitrogens with one attached hydrogen (secondary N) is 1. The van der Waals surface area contributed by atoms with Crippen LogP contribution in [0.1, 0.15) is 10.4 Å². The van der Waals surface area contributed by atoms with E-state index in [4.69, 9.17) is 9.15 Å². The fourth-order valence-corrected chi connectivity index (χ4v) is 4.22. The van der Waals surface area contributed by atoms with Crippen LogP contribution >= 0.6 is 0 Å². The van der Waals surface area contributed by atoms with E-state index in [2.05, 4.69) is 15.2 Å². The molecule has 0 spiro atoms. The third kappa shape index (κ3) is 4.52. The van der Waals surface area contributed by atoms with Crippen LogP contribution in [0.25, 0.3) is 0 Å². The molecule has 0 unspecified atom stereocenters. The molecule has 0 aliphatic carbocycles. The fraction of sp³-hybridized carbons (Fsp3) is 0.292. The van der Waals surface area contributed by atoms with Crippen molar-refractivity contribution >= 4 is 29.1 Å². The molecule has 1 aromatic carbocycles. The van der Waals surface area contributed by atoms with Gasteiger partial charge in [-0.05, 0) is 36.4 Å². The fourth-order valence-electron chi connectivity index (χ4n) is 4.22. The number of nitrogens with zero attached hydrogens (tertiary/aromatic N) is 4. The first-order chi connectivity index (χ1) is 16.6. The molecule has 2 fully saturated rings. The number of ether oxygens (including phenoxy) is 1. The number of aromatic nitrogens is 1. The van der Waals surface area contributed by atoms with Gasteiger partial charge < -0.3 is 24.3 Å². The highest BCUT2D eigenvalue weighted by atomic mass is 19.1. The lowest BCUT2D eigenvalue weighted by Crippen LogP contribution is -2.46. The summed E-state index contributed by atoms with van der Waals surface area (Å²) in [7, 11) is 0. The van der Waals surface area contributed by atoms with E-state index < -0.39 is 12.2 Å². The van der Waals surface area contributed by atoms with Crippen LogP contribution in [0, 0.1) is 5.82 Å². The first kappa shape index (κ1) is 21.7. The van der Waals surface area contributed by atoms with Crippen molar-refractivity contribution in [1.29, 1.82) is 0 Å². The highest BCUT2D eigenvalue weighted by Crippen LogP contribution is 2.29. The van der Waals surface area contributed by atoms with Gasteiger partial charge in [0, 0.05) is 44.3 Å². The largest absolute Gasteiger partial charge is 0.472 e. The Morgan fingerprint density at radius 3 is 2.53 bits per heavy atom. The molecule has 1 N–H and O–H groups in total. The van der Waals surface area contributed by atoms with E-state index in [1.165, 1.54) is 23.5 Å². The van der Waals surface area contributed by atoms with Crippen molar-refractivity contribution in [3.63, 3.8) is 0 Å². The van der Waals surface area contributed by atoms with Crippen LogP contribution in [0.5, 0.6) is 0 Å². The monoisotopic (exact) mass is 465 g/mol. The maximum Gasteiger partial charge on any atom is 0.414 e. The summed E-state index contributed by atoms with van der Waals surface area (Å²) < 4.78 is 25.3. The van der Waals surface area contributed by atoms with Gasteiger partial charge in [0.1, 0.15) is 18.2 Å². The maximum absolute atomic E-state index is 15.0. The van der Waals surface area contributed by atoms with Crippen molar-refractivity contribution in [1.82, 2.24) is 10.3 Å². The van der Waals surface area contributed by atoms with E-state index in [0.717, 1.165) is 18.8 Å². The lowest BCUT2D eigenvalue weighted by Gasteiger charge is -2.37. The SMILES string of the molecule is O=C(NC[C@H]1CN(c2ccc(N3CCN(c4ccncc4)CC3)c(F)c2)C(=O)O1)c1ccoc1. The van der Waals surface area contributed by atoms with Crippen LogP contribution in [-0.2, 0) is 4.74 Å². The van der Waals surface area contributed by atoms with Gasteiger partial charge in [-0.15, -0.1) is 0 Å². The summed E-state index contributed by atoms with van der Waals surface area (Å²) in [6.07, 6.45) is 5.17. The molecule has 0 saturated carbocycles. The van der Waals surface area contributed by atoms with Gasteiger partial charge in [0.25, 0.3) is 5.91 Å².